The number of carbonyl (C=O) groups is 1. The molecule has 0 heterocycles. The van der Waals surface area contributed by atoms with Crippen LogP contribution in [0.15, 0.2) is 18.2 Å². The van der Waals surface area contributed by atoms with Crippen molar-refractivity contribution in [1.29, 1.82) is 5.26 Å². The maximum atomic E-state index is 11.5. The van der Waals surface area contributed by atoms with Gasteiger partial charge in [0.05, 0.1) is 28.9 Å². The predicted molar refractivity (Wildman–Crippen MR) is 70.4 cm³/mol. The maximum Gasteiger partial charge on any atom is 0.239 e. The number of halogens is 1. The fraction of sp³-hybridized carbons (Fsp3) is 0.385. The molecule has 0 atom stereocenters. The van der Waals surface area contributed by atoms with Crippen molar-refractivity contribution in [3.05, 3.63) is 28.8 Å². The number of amides is 1. The van der Waals surface area contributed by atoms with Gasteiger partial charge in [0.1, 0.15) is 0 Å². The van der Waals surface area contributed by atoms with Gasteiger partial charge in [0, 0.05) is 6.54 Å². The van der Waals surface area contributed by atoms with Crippen LogP contribution in [-0.4, -0.2) is 19.0 Å². The first kappa shape index (κ1) is 12.7. The molecular formula is C13H14ClN3O. The summed E-state index contributed by atoms with van der Waals surface area (Å²) in [7, 11) is 0. The van der Waals surface area contributed by atoms with Crippen molar-refractivity contribution in [3.63, 3.8) is 0 Å². The number of nitriles is 1. The first-order valence-corrected chi connectivity index (χ1v) is 6.27. The molecule has 94 valence electrons. The minimum atomic E-state index is -0.0395. The van der Waals surface area contributed by atoms with Crippen LogP contribution in [0, 0.1) is 17.2 Å². The molecule has 0 saturated heterocycles. The Labute approximate surface area is 111 Å². The molecule has 0 radical (unpaired) electrons. The van der Waals surface area contributed by atoms with Crippen molar-refractivity contribution in [3.8, 4) is 6.07 Å². The lowest BCUT2D eigenvalue weighted by Crippen LogP contribution is -2.31. The highest BCUT2D eigenvalue weighted by atomic mass is 35.5. The number of benzene rings is 1. The van der Waals surface area contributed by atoms with Crippen LogP contribution in [0.5, 0.6) is 0 Å². The Morgan fingerprint density at radius 2 is 2.28 bits per heavy atom. The van der Waals surface area contributed by atoms with Gasteiger partial charge in [0.25, 0.3) is 0 Å². The Hall–Kier alpha value is -1.73. The number of hydrogen-bond acceptors (Lipinski definition) is 3. The predicted octanol–water partition coefficient (Wildman–Crippen LogP) is 2.15. The second-order valence-corrected chi connectivity index (χ2v) is 4.81. The van der Waals surface area contributed by atoms with Crippen LogP contribution in [0.25, 0.3) is 0 Å². The number of nitrogens with zero attached hydrogens (tertiary/aromatic N) is 1. The monoisotopic (exact) mass is 263 g/mol. The Kier molecular flexibility index (Phi) is 4.06. The first-order valence-electron chi connectivity index (χ1n) is 5.89. The number of rotatable bonds is 5. The van der Waals surface area contributed by atoms with E-state index >= 15 is 0 Å². The lowest BCUT2D eigenvalue weighted by atomic mass is 10.2. The van der Waals surface area contributed by atoms with Crippen molar-refractivity contribution < 1.29 is 4.79 Å². The van der Waals surface area contributed by atoms with E-state index in [0.29, 0.717) is 22.2 Å². The van der Waals surface area contributed by atoms with E-state index in [1.807, 2.05) is 6.07 Å². The largest absolute Gasteiger partial charge is 0.375 e. The van der Waals surface area contributed by atoms with Gasteiger partial charge in [-0.15, -0.1) is 0 Å². The third kappa shape index (κ3) is 3.64. The fourth-order valence-electron chi connectivity index (χ4n) is 1.55. The zero-order valence-corrected chi connectivity index (χ0v) is 10.6. The average Bonchev–Trinajstić information content (AvgIpc) is 3.18. The van der Waals surface area contributed by atoms with Crippen LogP contribution < -0.4 is 10.6 Å². The van der Waals surface area contributed by atoms with Crippen LogP contribution in [-0.2, 0) is 4.79 Å². The molecule has 0 bridgehead atoms. The van der Waals surface area contributed by atoms with E-state index in [0.717, 1.165) is 6.54 Å². The van der Waals surface area contributed by atoms with Gasteiger partial charge >= 0.3 is 0 Å². The van der Waals surface area contributed by atoms with Gasteiger partial charge in [-0.1, -0.05) is 11.6 Å². The fourth-order valence-corrected chi connectivity index (χ4v) is 1.79. The second kappa shape index (κ2) is 5.74. The molecule has 4 nitrogen and oxygen atoms in total. The van der Waals surface area contributed by atoms with Crippen LogP contribution in [0.2, 0.25) is 5.02 Å². The Morgan fingerprint density at radius 1 is 1.50 bits per heavy atom. The summed E-state index contributed by atoms with van der Waals surface area (Å²) < 4.78 is 0. The van der Waals surface area contributed by atoms with Crippen LogP contribution in [0.3, 0.4) is 0 Å². The van der Waals surface area contributed by atoms with E-state index in [-0.39, 0.29) is 12.5 Å². The molecule has 18 heavy (non-hydrogen) atoms. The minimum absolute atomic E-state index is 0.0395. The third-order valence-corrected chi connectivity index (χ3v) is 3.14. The first-order chi connectivity index (χ1) is 8.69. The van der Waals surface area contributed by atoms with Crippen LogP contribution >= 0.6 is 11.6 Å². The average molecular weight is 264 g/mol. The zero-order chi connectivity index (χ0) is 13.0. The van der Waals surface area contributed by atoms with Crippen molar-refractivity contribution in [2.24, 2.45) is 5.92 Å². The molecular weight excluding hydrogens is 250 g/mol. The van der Waals surface area contributed by atoms with Crippen molar-refractivity contribution in [1.82, 2.24) is 5.32 Å². The van der Waals surface area contributed by atoms with E-state index < -0.39 is 0 Å². The molecule has 1 amide bonds. The highest BCUT2D eigenvalue weighted by Gasteiger charge is 2.21. The van der Waals surface area contributed by atoms with Crippen LogP contribution in [0.4, 0.5) is 5.69 Å². The SMILES string of the molecule is N#Cc1ccc(NCC(=O)NCC2CC2)c(Cl)c1. The zero-order valence-electron chi connectivity index (χ0n) is 9.87. The van der Waals surface area contributed by atoms with Gasteiger partial charge in [0.2, 0.25) is 5.91 Å². The van der Waals surface area contributed by atoms with E-state index in [2.05, 4.69) is 10.6 Å². The molecule has 0 spiro atoms. The van der Waals surface area contributed by atoms with E-state index in [1.54, 1.807) is 18.2 Å². The summed E-state index contributed by atoms with van der Waals surface area (Å²) in [6, 6.07) is 6.95. The second-order valence-electron chi connectivity index (χ2n) is 4.41. The van der Waals surface area contributed by atoms with Crippen molar-refractivity contribution in [2.75, 3.05) is 18.4 Å². The van der Waals surface area contributed by atoms with E-state index in [1.165, 1.54) is 12.8 Å². The summed E-state index contributed by atoms with van der Waals surface area (Å²) in [5.41, 5.74) is 1.17. The maximum absolute atomic E-state index is 11.5. The summed E-state index contributed by atoms with van der Waals surface area (Å²) in [5, 5.41) is 15.0. The summed E-state index contributed by atoms with van der Waals surface area (Å²) >= 11 is 5.98. The molecule has 1 fully saturated rings. The summed E-state index contributed by atoms with van der Waals surface area (Å²) in [5.74, 6) is 0.634. The molecule has 2 N–H and O–H groups in total. The highest BCUT2D eigenvalue weighted by molar-refractivity contribution is 6.33. The van der Waals surface area contributed by atoms with Gasteiger partial charge in [0.15, 0.2) is 0 Å². The van der Waals surface area contributed by atoms with Crippen LogP contribution in [0.1, 0.15) is 18.4 Å². The Bertz CT molecular complexity index is 491. The van der Waals surface area contributed by atoms with Gasteiger partial charge in [-0.3, -0.25) is 4.79 Å². The third-order valence-electron chi connectivity index (χ3n) is 2.82. The summed E-state index contributed by atoms with van der Waals surface area (Å²) in [6.07, 6.45) is 2.43. The molecule has 1 aromatic carbocycles. The number of carbonyl (C=O) groups excluding carboxylic acids is 1. The molecule has 1 aliphatic rings. The molecule has 5 heteroatoms. The normalized spacial score (nSPS) is 13.8. The lowest BCUT2D eigenvalue weighted by molar-refractivity contribution is -0.119. The minimum Gasteiger partial charge on any atom is -0.375 e. The van der Waals surface area contributed by atoms with Gasteiger partial charge in [-0.25, -0.2) is 0 Å². The lowest BCUT2D eigenvalue weighted by Gasteiger charge is -2.09. The molecule has 2 rings (SSSR count). The Morgan fingerprint density at radius 3 is 2.89 bits per heavy atom. The van der Waals surface area contributed by atoms with Crippen molar-refractivity contribution in [2.45, 2.75) is 12.8 Å². The molecule has 1 saturated carbocycles. The highest BCUT2D eigenvalue weighted by Crippen LogP contribution is 2.27. The van der Waals surface area contributed by atoms with E-state index in [9.17, 15) is 4.79 Å². The summed E-state index contributed by atoms with van der Waals surface area (Å²) in [6.45, 7) is 0.958. The molecule has 1 aromatic rings. The Balaban J connectivity index is 1.81. The number of anilines is 1. The molecule has 0 unspecified atom stereocenters. The molecule has 1 aliphatic carbocycles. The van der Waals surface area contributed by atoms with Gasteiger partial charge in [-0.2, -0.15) is 5.26 Å². The topological polar surface area (TPSA) is 64.9 Å². The molecule has 0 aliphatic heterocycles. The van der Waals surface area contributed by atoms with Crippen molar-refractivity contribution >= 4 is 23.2 Å². The molecule has 0 aromatic heterocycles. The van der Waals surface area contributed by atoms with E-state index in [4.69, 9.17) is 16.9 Å². The summed E-state index contributed by atoms with van der Waals surface area (Å²) in [4.78, 5) is 11.5. The number of nitrogens with one attached hydrogen (secondary N) is 2. The standard InChI is InChI=1S/C13H14ClN3O/c14-11-5-10(6-15)3-4-12(11)16-8-13(18)17-7-9-1-2-9/h3-5,9,16H,1-2,7-8H2,(H,17,18). The van der Waals surface area contributed by atoms with Gasteiger partial charge in [-0.05, 0) is 37.0 Å². The van der Waals surface area contributed by atoms with Gasteiger partial charge < -0.3 is 10.6 Å². The smallest absolute Gasteiger partial charge is 0.239 e. The number of hydrogen-bond donors (Lipinski definition) is 2. The quantitative estimate of drug-likeness (QED) is 0.856.